The van der Waals surface area contributed by atoms with E-state index in [9.17, 15) is 9.59 Å². The maximum absolute atomic E-state index is 13.3. The van der Waals surface area contributed by atoms with E-state index in [1.165, 1.54) is 17.8 Å². The normalized spacial score (nSPS) is 11.5. The van der Waals surface area contributed by atoms with Gasteiger partial charge in [-0.1, -0.05) is 41.9 Å². The van der Waals surface area contributed by atoms with Gasteiger partial charge in [0.05, 0.1) is 26.6 Å². The number of halogens is 2. The average Bonchev–Trinajstić information content (AvgIpc) is 3.25. The first-order chi connectivity index (χ1) is 16.4. The summed E-state index contributed by atoms with van der Waals surface area (Å²) in [4.78, 5) is 29.3. The van der Waals surface area contributed by atoms with E-state index in [0.29, 0.717) is 32.3 Å². The molecule has 0 aliphatic carbocycles. The van der Waals surface area contributed by atoms with Crippen molar-refractivity contribution in [2.45, 2.75) is 6.92 Å². The Bertz CT molecular complexity index is 1620. The SMILES string of the molecule is CC(=O)Oc1c(Cl)cc(C=Nn2c(-c3cc4ccccc4o3)nc3ccccc3c2=O)cc1Br. The van der Waals surface area contributed by atoms with Gasteiger partial charge in [0.15, 0.2) is 11.5 Å². The molecule has 9 heteroatoms. The molecule has 2 aromatic heterocycles. The maximum Gasteiger partial charge on any atom is 0.308 e. The van der Waals surface area contributed by atoms with Gasteiger partial charge in [0.25, 0.3) is 5.56 Å². The topological polar surface area (TPSA) is 86.7 Å². The number of carbonyl (C=O) groups is 1. The van der Waals surface area contributed by atoms with Crippen molar-refractivity contribution in [3.05, 3.63) is 92.1 Å². The molecule has 3 aromatic carbocycles. The molecule has 0 atom stereocenters. The summed E-state index contributed by atoms with van der Waals surface area (Å²) in [5.41, 5.74) is 1.43. The second-order valence-electron chi connectivity index (χ2n) is 7.37. The molecular formula is C25H15BrClN3O4. The lowest BCUT2D eigenvalue weighted by Gasteiger charge is -2.09. The zero-order valence-electron chi connectivity index (χ0n) is 17.7. The Kier molecular flexibility index (Phi) is 5.77. The molecule has 0 N–H and O–H groups in total. The van der Waals surface area contributed by atoms with Crippen LogP contribution in [-0.2, 0) is 4.79 Å². The lowest BCUT2D eigenvalue weighted by molar-refractivity contribution is -0.131. The zero-order chi connectivity index (χ0) is 23.8. The predicted molar refractivity (Wildman–Crippen MR) is 135 cm³/mol. The number of esters is 1. The Morgan fingerprint density at radius 2 is 1.91 bits per heavy atom. The number of furan rings is 1. The highest BCUT2D eigenvalue weighted by Crippen LogP contribution is 2.34. The third kappa shape index (κ3) is 4.13. The quantitative estimate of drug-likeness (QED) is 0.159. The summed E-state index contributed by atoms with van der Waals surface area (Å²) in [5, 5.41) is 5.93. The minimum absolute atomic E-state index is 0.207. The van der Waals surface area contributed by atoms with Crippen molar-refractivity contribution in [3.63, 3.8) is 0 Å². The Morgan fingerprint density at radius 1 is 1.15 bits per heavy atom. The van der Waals surface area contributed by atoms with E-state index < -0.39 is 5.97 Å². The Balaban J connectivity index is 1.66. The number of ether oxygens (including phenoxy) is 1. The third-order valence-electron chi connectivity index (χ3n) is 4.99. The van der Waals surface area contributed by atoms with Gasteiger partial charge in [-0.15, -0.1) is 0 Å². The molecule has 0 amide bonds. The molecule has 7 nitrogen and oxygen atoms in total. The smallest absolute Gasteiger partial charge is 0.308 e. The Labute approximate surface area is 206 Å². The van der Waals surface area contributed by atoms with Crippen LogP contribution in [0, 0.1) is 0 Å². The van der Waals surface area contributed by atoms with Crippen molar-refractivity contribution >= 4 is 61.6 Å². The monoisotopic (exact) mass is 535 g/mol. The van der Waals surface area contributed by atoms with E-state index in [1.807, 2.05) is 36.4 Å². The van der Waals surface area contributed by atoms with E-state index in [0.717, 1.165) is 5.39 Å². The Hall–Kier alpha value is -3.75. The molecule has 5 aromatic rings. The Morgan fingerprint density at radius 3 is 2.68 bits per heavy atom. The summed E-state index contributed by atoms with van der Waals surface area (Å²) in [6.07, 6.45) is 1.47. The van der Waals surface area contributed by atoms with Crippen LogP contribution >= 0.6 is 27.5 Å². The van der Waals surface area contributed by atoms with Crippen LogP contribution in [-0.4, -0.2) is 21.8 Å². The van der Waals surface area contributed by atoms with Gasteiger partial charge in [-0.25, -0.2) is 4.98 Å². The van der Waals surface area contributed by atoms with Gasteiger partial charge >= 0.3 is 5.97 Å². The highest BCUT2D eigenvalue weighted by Gasteiger charge is 2.17. The van der Waals surface area contributed by atoms with Crippen LogP contribution in [0.3, 0.4) is 0 Å². The summed E-state index contributed by atoms with van der Waals surface area (Å²) >= 11 is 9.63. The van der Waals surface area contributed by atoms with Crippen molar-refractivity contribution in [1.29, 1.82) is 0 Å². The van der Waals surface area contributed by atoms with Crippen molar-refractivity contribution < 1.29 is 13.9 Å². The van der Waals surface area contributed by atoms with Gasteiger partial charge in [0, 0.05) is 12.3 Å². The molecule has 34 heavy (non-hydrogen) atoms. The highest BCUT2D eigenvalue weighted by molar-refractivity contribution is 9.10. The number of fused-ring (bicyclic) bond motifs is 2. The fourth-order valence-corrected chi connectivity index (χ4v) is 4.44. The number of benzene rings is 3. The molecule has 0 aliphatic rings. The second kappa shape index (κ2) is 8.89. The number of rotatable bonds is 4. The van der Waals surface area contributed by atoms with E-state index in [-0.39, 0.29) is 22.2 Å². The second-order valence-corrected chi connectivity index (χ2v) is 8.63. The van der Waals surface area contributed by atoms with Crippen LogP contribution < -0.4 is 10.3 Å². The van der Waals surface area contributed by atoms with E-state index >= 15 is 0 Å². The first kappa shape index (κ1) is 22.1. The van der Waals surface area contributed by atoms with Gasteiger partial charge in [-0.05, 0) is 57.9 Å². The average molecular weight is 537 g/mol. The van der Waals surface area contributed by atoms with E-state index in [2.05, 4.69) is 26.0 Å². The minimum Gasteiger partial charge on any atom is -0.453 e. The lowest BCUT2D eigenvalue weighted by atomic mass is 10.2. The molecule has 0 bridgehead atoms. The molecule has 0 fully saturated rings. The lowest BCUT2D eigenvalue weighted by Crippen LogP contribution is -2.20. The molecule has 0 saturated heterocycles. The first-order valence-electron chi connectivity index (χ1n) is 10.1. The van der Waals surface area contributed by atoms with Gasteiger partial charge in [-0.2, -0.15) is 9.78 Å². The van der Waals surface area contributed by atoms with Gasteiger partial charge in [-0.3, -0.25) is 9.59 Å². The molecule has 168 valence electrons. The van der Waals surface area contributed by atoms with E-state index in [1.54, 1.807) is 30.3 Å². The third-order valence-corrected chi connectivity index (χ3v) is 5.86. The largest absolute Gasteiger partial charge is 0.453 e. The summed E-state index contributed by atoms with van der Waals surface area (Å²) in [6, 6.07) is 19.6. The summed E-state index contributed by atoms with van der Waals surface area (Å²) < 4.78 is 12.8. The first-order valence-corrected chi connectivity index (χ1v) is 11.3. The van der Waals surface area contributed by atoms with Gasteiger partial charge in [0.2, 0.25) is 5.82 Å². The van der Waals surface area contributed by atoms with Crippen molar-refractivity contribution in [3.8, 4) is 17.3 Å². The highest BCUT2D eigenvalue weighted by atomic mass is 79.9. The van der Waals surface area contributed by atoms with Crippen LogP contribution in [0.25, 0.3) is 33.5 Å². The van der Waals surface area contributed by atoms with Crippen LogP contribution in [0.2, 0.25) is 5.02 Å². The number of hydrogen-bond donors (Lipinski definition) is 0. The molecule has 2 heterocycles. The molecular weight excluding hydrogens is 522 g/mol. The van der Waals surface area contributed by atoms with Crippen LogP contribution in [0.1, 0.15) is 12.5 Å². The summed E-state index contributed by atoms with van der Waals surface area (Å²) in [7, 11) is 0. The van der Waals surface area contributed by atoms with E-state index in [4.69, 9.17) is 20.8 Å². The van der Waals surface area contributed by atoms with Crippen LogP contribution in [0.15, 0.2) is 85.5 Å². The number of carbonyl (C=O) groups excluding carboxylic acids is 1. The van der Waals surface area contributed by atoms with Crippen LogP contribution in [0.5, 0.6) is 5.75 Å². The number of nitrogens with zero attached hydrogens (tertiary/aromatic N) is 3. The van der Waals surface area contributed by atoms with Crippen molar-refractivity contribution in [1.82, 2.24) is 9.66 Å². The molecule has 0 radical (unpaired) electrons. The molecule has 0 saturated carbocycles. The molecule has 0 aliphatic heterocycles. The zero-order valence-corrected chi connectivity index (χ0v) is 20.0. The number of aromatic nitrogens is 2. The van der Waals surface area contributed by atoms with Crippen molar-refractivity contribution in [2.75, 3.05) is 0 Å². The summed E-state index contributed by atoms with van der Waals surface area (Å²) in [6.45, 7) is 1.29. The van der Waals surface area contributed by atoms with Gasteiger partial charge in [0.1, 0.15) is 5.58 Å². The minimum atomic E-state index is -0.492. The molecule has 0 unspecified atom stereocenters. The fraction of sp³-hybridized carbons (Fsp3) is 0.0400. The van der Waals surface area contributed by atoms with Crippen LogP contribution in [0.4, 0.5) is 0 Å². The summed E-state index contributed by atoms with van der Waals surface area (Å²) in [5.74, 6) is 0.385. The number of hydrogen-bond acceptors (Lipinski definition) is 6. The standard InChI is InChI=1S/C25H15BrClN3O4/c1-14(31)33-23-18(26)10-15(11-19(23)27)13-28-30-24(22-12-16-6-2-5-9-21(16)34-22)29-20-8-4-3-7-17(20)25(30)32/h2-13H,1H3. The number of para-hydroxylation sites is 2. The fourth-order valence-electron chi connectivity index (χ4n) is 3.50. The molecule has 0 spiro atoms. The predicted octanol–water partition coefficient (Wildman–Crippen LogP) is 6.03. The van der Waals surface area contributed by atoms with Gasteiger partial charge < -0.3 is 9.15 Å². The molecule has 5 rings (SSSR count). The van der Waals surface area contributed by atoms with Crippen molar-refractivity contribution in [2.24, 2.45) is 5.10 Å². The maximum atomic E-state index is 13.3.